The number of anilines is 2. The number of hydrogen-bond donors (Lipinski definition) is 1. The van der Waals surface area contributed by atoms with E-state index in [1.165, 1.54) is 4.90 Å². The number of hydrogen-bond acceptors (Lipinski definition) is 5. The van der Waals surface area contributed by atoms with Gasteiger partial charge in [0.05, 0.1) is 17.7 Å². The minimum atomic E-state index is -0.814. The number of aryl methyl sites for hydroxylation is 2. The molecule has 0 aliphatic carbocycles. The molecule has 0 aromatic heterocycles. The SMILES string of the molecule is Cc1ccc(C)c(/C(O)=C2\C(=O)C(=O)N(c3ccc(N(C)C)cc3)C2c2cccc(OC(C)C)c2)c1. The summed E-state index contributed by atoms with van der Waals surface area (Å²) in [6.07, 6.45) is -0.0415. The van der Waals surface area contributed by atoms with Crippen LogP contribution in [0.1, 0.15) is 42.1 Å². The van der Waals surface area contributed by atoms with Gasteiger partial charge in [-0.05, 0) is 81.3 Å². The van der Waals surface area contributed by atoms with E-state index in [0.717, 1.165) is 16.8 Å². The molecule has 4 rings (SSSR count). The lowest BCUT2D eigenvalue weighted by molar-refractivity contribution is -0.132. The highest BCUT2D eigenvalue weighted by Crippen LogP contribution is 2.43. The van der Waals surface area contributed by atoms with Crippen molar-refractivity contribution in [1.82, 2.24) is 0 Å². The molecule has 1 aliphatic rings. The minimum absolute atomic E-state index is 0.0415. The Labute approximate surface area is 212 Å². The van der Waals surface area contributed by atoms with Crippen molar-refractivity contribution in [3.63, 3.8) is 0 Å². The largest absolute Gasteiger partial charge is 0.507 e. The zero-order chi connectivity index (χ0) is 26.1. The molecule has 3 aromatic carbocycles. The summed E-state index contributed by atoms with van der Waals surface area (Å²) in [5.74, 6) is -0.949. The molecule has 1 amide bonds. The van der Waals surface area contributed by atoms with Gasteiger partial charge in [0.15, 0.2) is 0 Å². The number of amides is 1. The van der Waals surface area contributed by atoms with Gasteiger partial charge in [0.25, 0.3) is 11.7 Å². The quantitative estimate of drug-likeness (QED) is 0.273. The summed E-state index contributed by atoms with van der Waals surface area (Å²) in [6, 6.07) is 19.6. The lowest BCUT2D eigenvalue weighted by atomic mass is 9.93. The first-order valence-corrected chi connectivity index (χ1v) is 12.0. The first kappa shape index (κ1) is 25.0. The van der Waals surface area contributed by atoms with Crippen molar-refractivity contribution < 1.29 is 19.4 Å². The summed E-state index contributed by atoms with van der Waals surface area (Å²) in [4.78, 5) is 30.4. The van der Waals surface area contributed by atoms with Crippen molar-refractivity contribution in [2.75, 3.05) is 23.9 Å². The average molecular weight is 485 g/mol. The second-order valence-corrected chi connectivity index (χ2v) is 9.64. The van der Waals surface area contributed by atoms with Crippen LogP contribution in [-0.4, -0.2) is 37.0 Å². The topological polar surface area (TPSA) is 70.1 Å². The van der Waals surface area contributed by atoms with E-state index in [0.29, 0.717) is 22.6 Å². The normalized spacial score (nSPS) is 17.1. The van der Waals surface area contributed by atoms with Gasteiger partial charge in [0.1, 0.15) is 11.5 Å². The molecule has 0 radical (unpaired) electrons. The van der Waals surface area contributed by atoms with Crippen LogP contribution in [-0.2, 0) is 9.59 Å². The number of ether oxygens (including phenoxy) is 1. The van der Waals surface area contributed by atoms with Crippen LogP contribution in [0.2, 0.25) is 0 Å². The van der Waals surface area contributed by atoms with Crippen LogP contribution in [0.15, 0.2) is 72.3 Å². The van der Waals surface area contributed by atoms with E-state index in [4.69, 9.17) is 4.74 Å². The van der Waals surface area contributed by atoms with Crippen LogP contribution in [0, 0.1) is 13.8 Å². The number of aliphatic hydroxyl groups excluding tert-OH is 1. The molecule has 1 saturated heterocycles. The Hall–Kier alpha value is -4.06. The molecule has 0 bridgehead atoms. The summed E-state index contributed by atoms with van der Waals surface area (Å²) < 4.78 is 5.89. The van der Waals surface area contributed by atoms with E-state index >= 15 is 0 Å². The summed E-state index contributed by atoms with van der Waals surface area (Å²) in [6.45, 7) is 7.67. The maximum atomic E-state index is 13.5. The highest BCUT2D eigenvalue weighted by atomic mass is 16.5. The fraction of sp³-hybridized carbons (Fsp3) is 0.267. The van der Waals surface area contributed by atoms with Gasteiger partial charge in [-0.15, -0.1) is 0 Å². The van der Waals surface area contributed by atoms with Crippen molar-refractivity contribution >= 4 is 28.8 Å². The Bertz CT molecular complexity index is 1340. The van der Waals surface area contributed by atoms with E-state index in [1.54, 1.807) is 0 Å². The number of benzene rings is 3. The monoisotopic (exact) mass is 484 g/mol. The molecular formula is C30H32N2O4. The molecule has 1 fully saturated rings. The number of carbonyl (C=O) groups is 2. The standard InChI is InChI=1S/C30H32N2O4/c1-18(2)36-24-9-7-8-21(17-24)27-26(28(33)25-16-19(3)10-11-20(25)4)29(34)30(35)32(27)23-14-12-22(13-15-23)31(5)6/h7-18,27,33H,1-6H3/b28-26+. The van der Waals surface area contributed by atoms with Gasteiger partial charge in [-0.1, -0.05) is 29.8 Å². The molecule has 186 valence electrons. The molecular weight excluding hydrogens is 452 g/mol. The summed E-state index contributed by atoms with van der Waals surface area (Å²) >= 11 is 0. The molecule has 6 nitrogen and oxygen atoms in total. The fourth-order valence-corrected chi connectivity index (χ4v) is 4.49. The van der Waals surface area contributed by atoms with Gasteiger partial charge in [0, 0.05) is 31.0 Å². The first-order valence-electron chi connectivity index (χ1n) is 12.0. The second-order valence-electron chi connectivity index (χ2n) is 9.64. The van der Waals surface area contributed by atoms with Crippen LogP contribution in [0.25, 0.3) is 5.76 Å². The molecule has 1 unspecified atom stereocenters. The molecule has 36 heavy (non-hydrogen) atoms. The Morgan fingerprint density at radius 1 is 0.972 bits per heavy atom. The third kappa shape index (κ3) is 4.71. The van der Waals surface area contributed by atoms with Gasteiger partial charge in [-0.25, -0.2) is 0 Å². The van der Waals surface area contributed by atoms with Gasteiger partial charge < -0.3 is 14.7 Å². The molecule has 3 aromatic rings. The fourth-order valence-electron chi connectivity index (χ4n) is 4.49. The third-order valence-corrected chi connectivity index (χ3v) is 6.28. The lowest BCUT2D eigenvalue weighted by Crippen LogP contribution is -2.29. The highest BCUT2D eigenvalue weighted by Gasteiger charge is 2.47. The van der Waals surface area contributed by atoms with Crippen molar-refractivity contribution in [2.24, 2.45) is 0 Å². The van der Waals surface area contributed by atoms with Crippen molar-refractivity contribution in [3.8, 4) is 5.75 Å². The Balaban J connectivity index is 1.94. The lowest BCUT2D eigenvalue weighted by Gasteiger charge is -2.26. The molecule has 1 heterocycles. The predicted octanol–water partition coefficient (Wildman–Crippen LogP) is 5.78. The van der Waals surface area contributed by atoms with Crippen LogP contribution in [0.4, 0.5) is 11.4 Å². The number of nitrogens with zero attached hydrogens (tertiary/aromatic N) is 2. The molecule has 6 heteroatoms. The third-order valence-electron chi connectivity index (χ3n) is 6.28. The van der Waals surface area contributed by atoms with E-state index in [2.05, 4.69) is 0 Å². The van der Waals surface area contributed by atoms with E-state index in [9.17, 15) is 14.7 Å². The van der Waals surface area contributed by atoms with Crippen molar-refractivity contribution in [3.05, 3.63) is 94.6 Å². The second kappa shape index (κ2) is 9.90. The van der Waals surface area contributed by atoms with Gasteiger partial charge in [0.2, 0.25) is 0 Å². The Morgan fingerprint density at radius 3 is 2.31 bits per heavy atom. The molecule has 0 spiro atoms. The Morgan fingerprint density at radius 2 is 1.67 bits per heavy atom. The van der Waals surface area contributed by atoms with Crippen LogP contribution >= 0.6 is 0 Å². The number of ketones is 1. The zero-order valence-electron chi connectivity index (χ0n) is 21.6. The number of rotatable bonds is 6. The average Bonchev–Trinajstić information content (AvgIpc) is 3.10. The zero-order valence-corrected chi connectivity index (χ0v) is 21.6. The molecule has 1 atom stereocenters. The molecule has 0 saturated carbocycles. The van der Waals surface area contributed by atoms with Crippen LogP contribution in [0.3, 0.4) is 0 Å². The number of aliphatic hydroxyl groups is 1. The van der Waals surface area contributed by atoms with E-state index in [1.807, 2.05) is 113 Å². The first-order chi connectivity index (χ1) is 17.1. The van der Waals surface area contributed by atoms with Crippen LogP contribution in [0.5, 0.6) is 5.75 Å². The summed E-state index contributed by atoms with van der Waals surface area (Å²) in [7, 11) is 3.87. The maximum Gasteiger partial charge on any atom is 0.300 e. The van der Waals surface area contributed by atoms with Crippen molar-refractivity contribution in [2.45, 2.75) is 39.8 Å². The summed E-state index contributed by atoms with van der Waals surface area (Å²) in [5, 5.41) is 11.5. The summed E-state index contributed by atoms with van der Waals surface area (Å²) in [5.41, 5.74) is 4.57. The van der Waals surface area contributed by atoms with Crippen molar-refractivity contribution in [1.29, 1.82) is 0 Å². The van der Waals surface area contributed by atoms with Gasteiger partial charge in [-0.3, -0.25) is 14.5 Å². The smallest absolute Gasteiger partial charge is 0.300 e. The Kier molecular flexibility index (Phi) is 6.88. The van der Waals surface area contributed by atoms with Gasteiger partial charge >= 0.3 is 0 Å². The minimum Gasteiger partial charge on any atom is -0.507 e. The predicted molar refractivity (Wildman–Crippen MR) is 144 cm³/mol. The number of carbonyl (C=O) groups excluding carboxylic acids is 2. The van der Waals surface area contributed by atoms with Gasteiger partial charge in [-0.2, -0.15) is 0 Å². The molecule has 1 N–H and O–H groups in total. The van der Waals surface area contributed by atoms with E-state index in [-0.39, 0.29) is 17.4 Å². The number of Topliss-reactive ketones (excluding diaryl/α,β-unsaturated/α-hetero) is 1. The molecule has 1 aliphatic heterocycles. The highest BCUT2D eigenvalue weighted by molar-refractivity contribution is 6.51. The van der Waals surface area contributed by atoms with E-state index < -0.39 is 17.7 Å². The van der Waals surface area contributed by atoms with Crippen LogP contribution < -0.4 is 14.5 Å². The maximum absolute atomic E-state index is 13.5.